The van der Waals surface area contributed by atoms with Gasteiger partial charge in [0.2, 0.25) is 0 Å². The Bertz CT molecular complexity index is 528. The van der Waals surface area contributed by atoms with Crippen molar-refractivity contribution in [3.8, 4) is 0 Å². The van der Waals surface area contributed by atoms with E-state index in [9.17, 15) is 0 Å². The van der Waals surface area contributed by atoms with Gasteiger partial charge in [-0.05, 0) is 44.0 Å². The highest BCUT2D eigenvalue weighted by atomic mass is 35.5. The molecule has 0 saturated heterocycles. The molecule has 0 bridgehead atoms. The largest absolute Gasteiger partial charge is 0.345 e. The van der Waals surface area contributed by atoms with Gasteiger partial charge < -0.3 is 10.3 Å². The van der Waals surface area contributed by atoms with Crippen LogP contribution in [0.5, 0.6) is 0 Å². The molecule has 92 valence electrons. The summed E-state index contributed by atoms with van der Waals surface area (Å²) in [6, 6.07) is 6.49. The first kappa shape index (κ1) is 12.5. The van der Waals surface area contributed by atoms with Gasteiger partial charge in [0.05, 0.1) is 10.5 Å². The quantitative estimate of drug-likeness (QED) is 0.879. The second-order valence-corrected chi connectivity index (χ2v) is 5.26. The van der Waals surface area contributed by atoms with Crippen LogP contribution in [0.15, 0.2) is 24.4 Å². The standard InChI is InChI=1S/C14H19ClN2/c1-9(2)17-8-11(10(3)7-16)14-12(15)5-4-6-13(14)17/h4-6,8-10H,7,16H2,1-3H3. The van der Waals surface area contributed by atoms with Crippen molar-refractivity contribution in [2.75, 3.05) is 6.54 Å². The van der Waals surface area contributed by atoms with Crippen LogP contribution in [0.25, 0.3) is 10.9 Å². The average molecular weight is 251 g/mol. The highest BCUT2D eigenvalue weighted by molar-refractivity contribution is 6.35. The van der Waals surface area contributed by atoms with Crippen LogP contribution in [0.2, 0.25) is 5.02 Å². The van der Waals surface area contributed by atoms with Gasteiger partial charge in [0, 0.05) is 17.6 Å². The predicted octanol–water partition coefficient (Wildman–Crippen LogP) is 3.94. The Morgan fingerprint density at radius 2 is 2.00 bits per heavy atom. The third-order valence-corrected chi connectivity index (χ3v) is 3.59. The smallest absolute Gasteiger partial charge is 0.0502 e. The molecule has 2 N–H and O–H groups in total. The summed E-state index contributed by atoms with van der Waals surface area (Å²) in [5.74, 6) is 0.331. The Morgan fingerprint density at radius 3 is 2.59 bits per heavy atom. The zero-order valence-electron chi connectivity index (χ0n) is 10.6. The summed E-state index contributed by atoms with van der Waals surface area (Å²) in [5.41, 5.74) is 8.23. The van der Waals surface area contributed by atoms with E-state index in [-0.39, 0.29) is 0 Å². The maximum atomic E-state index is 6.33. The van der Waals surface area contributed by atoms with Crippen molar-refractivity contribution in [2.45, 2.75) is 32.7 Å². The van der Waals surface area contributed by atoms with E-state index < -0.39 is 0 Å². The first-order chi connectivity index (χ1) is 8.06. The fourth-order valence-corrected chi connectivity index (χ4v) is 2.50. The van der Waals surface area contributed by atoms with E-state index >= 15 is 0 Å². The Labute approximate surface area is 107 Å². The van der Waals surface area contributed by atoms with Gasteiger partial charge in [-0.25, -0.2) is 0 Å². The minimum absolute atomic E-state index is 0.331. The van der Waals surface area contributed by atoms with Crippen molar-refractivity contribution in [3.05, 3.63) is 35.0 Å². The van der Waals surface area contributed by atoms with Crippen molar-refractivity contribution in [1.82, 2.24) is 4.57 Å². The molecule has 2 aromatic rings. The minimum atomic E-state index is 0.331. The maximum Gasteiger partial charge on any atom is 0.0502 e. The zero-order valence-corrected chi connectivity index (χ0v) is 11.3. The fraction of sp³-hybridized carbons (Fsp3) is 0.429. The summed E-state index contributed by atoms with van der Waals surface area (Å²) < 4.78 is 2.27. The molecule has 0 fully saturated rings. The van der Waals surface area contributed by atoms with Crippen LogP contribution < -0.4 is 5.73 Å². The summed E-state index contributed by atoms with van der Waals surface area (Å²) in [4.78, 5) is 0. The monoisotopic (exact) mass is 250 g/mol. The van der Waals surface area contributed by atoms with Crippen molar-refractivity contribution in [1.29, 1.82) is 0 Å². The first-order valence-corrected chi connectivity index (χ1v) is 6.43. The topological polar surface area (TPSA) is 30.9 Å². The predicted molar refractivity (Wildman–Crippen MR) is 74.8 cm³/mol. The molecule has 1 aromatic heterocycles. The van der Waals surface area contributed by atoms with Crippen LogP contribution in [0, 0.1) is 0 Å². The van der Waals surface area contributed by atoms with Gasteiger partial charge in [-0.2, -0.15) is 0 Å². The van der Waals surface area contributed by atoms with Gasteiger partial charge in [-0.15, -0.1) is 0 Å². The van der Waals surface area contributed by atoms with Gasteiger partial charge in [0.25, 0.3) is 0 Å². The fourth-order valence-electron chi connectivity index (χ4n) is 2.23. The summed E-state index contributed by atoms with van der Waals surface area (Å²) in [6.07, 6.45) is 2.19. The lowest BCUT2D eigenvalue weighted by atomic mass is 10.0. The average Bonchev–Trinajstić information content (AvgIpc) is 2.69. The molecular weight excluding hydrogens is 232 g/mol. The van der Waals surface area contributed by atoms with Gasteiger partial charge >= 0.3 is 0 Å². The number of nitrogens with two attached hydrogens (primary N) is 1. The van der Waals surface area contributed by atoms with Crippen molar-refractivity contribution in [2.24, 2.45) is 5.73 Å². The molecule has 17 heavy (non-hydrogen) atoms. The second-order valence-electron chi connectivity index (χ2n) is 4.86. The Morgan fingerprint density at radius 1 is 1.29 bits per heavy atom. The third-order valence-electron chi connectivity index (χ3n) is 3.28. The van der Waals surface area contributed by atoms with Gasteiger partial charge in [-0.3, -0.25) is 0 Å². The minimum Gasteiger partial charge on any atom is -0.345 e. The summed E-state index contributed by atoms with van der Waals surface area (Å²) >= 11 is 6.33. The highest BCUT2D eigenvalue weighted by Gasteiger charge is 2.16. The molecule has 1 atom stereocenters. The van der Waals surface area contributed by atoms with Crippen molar-refractivity contribution < 1.29 is 0 Å². The van der Waals surface area contributed by atoms with Crippen molar-refractivity contribution in [3.63, 3.8) is 0 Å². The Balaban J connectivity index is 2.76. The van der Waals surface area contributed by atoms with Crippen molar-refractivity contribution >= 4 is 22.5 Å². The molecule has 0 amide bonds. The molecule has 1 aromatic carbocycles. The normalized spacial score (nSPS) is 13.5. The van der Waals surface area contributed by atoms with E-state index in [0.717, 1.165) is 10.4 Å². The lowest BCUT2D eigenvalue weighted by Gasteiger charge is -2.08. The second kappa shape index (κ2) is 4.71. The van der Waals surface area contributed by atoms with E-state index in [1.54, 1.807) is 0 Å². The Kier molecular flexibility index (Phi) is 3.45. The van der Waals surface area contributed by atoms with E-state index in [0.29, 0.717) is 18.5 Å². The molecule has 0 aliphatic heterocycles. The number of benzene rings is 1. The number of hydrogen-bond acceptors (Lipinski definition) is 1. The molecule has 0 radical (unpaired) electrons. The lowest BCUT2D eigenvalue weighted by Crippen LogP contribution is -2.08. The van der Waals surface area contributed by atoms with E-state index in [1.807, 2.05) is 12.1 Å². The number of hydrogen-bond donors (Lipinski definition) is 1. The molecule has 0 spiro atoms. The summed E-state index contributed by atoms with van der Waals surface area (Å²) in [5, 5.41) is 1.97. The van der Waals surface area contributed by atoms with Crippen LogP contribution in [-0.4, -0.2) is 11.1 Å². The lowest BCUT2D eigenvalue weighted by molar-refractivity contribution is 0.618. The molecule has 0 aliphatic carbocycles. The van der Waals surface area contributed by atoms with Crippen LogP contribution in [-0.2, 0) is 0 Å². The SMILES string of the molecule is CC(CN)c1cn(C(C)C)c2cccc(Cl)c12. The molecule has 2 rings (SSSR count). The number of nitrogens with zero attached hydrogens (tertiary/aromatic N) is 1. The number of fused-ring (bicyclic) bond motifs is 1. The van der Waals surface area contributed by atoms with Gasteiger partial charge in [0.1, 0.15) is 0 Å². The van der Waals surface area contributed by atoms with Crippen LogP contribution in [0.4, 0.5) is 0 Å². The number of halogens is 1. The molecule has 2 nitrogen and oxygen atoms in total. The summed E-state index contributed by atoms with van der Waals surface area (Å²) in [7, 11) is 0. The van der Waals surface area contributed by atoms with Crippen LogP contribution >= 0.6 is 11.6 Å². The molecule has 0 saturated carbocycles. The number of aromatic nitrogens is 1. The zero-order chi connectivity index (χ0) is 12.6. The van der Waals surface area contributed by atoms with Gasteiger partial charge in [0.15, 0.2) is 0 Å². The molecule has 1 heterocycles. The van der Waals surface area contributed by atoms with E-state index in [4.69, 9.17) is 17.3 Å². The molecule has 1 unspecified atom stereocenters. The molecule has 3 heteroatoms. The Hall–Kier alpha value is -0.990. The van der Waals surface area contributed by atoms with Crippen LogP contribution in [0.3, 0.4) is 0 Å². The van der Waals surface area contributed by atoms with Gasteiger partial charge in [-0.1, -0.05) is 24.6 Å². The molecule has 0 aliphatic rings. The van der Waals surface area contributed by atoms with Crippen LogP contribution in [0.1, 0.15) is 38.3 Å². The maximum absolute atomic E-state index is 6.33. The number of rotatable bonds is 3. The first-order valence-electron chi connectivity index (χ1n) is 6.05. The van der Waals surface area contributed by atoms with E-state index in [1.165, 1.54) is 11.1 Å². The third kappa shape index (κ3) is 2.07. The molecular formula is C14H19ClN2. The van der Waals surface area contributed by atoms with E-state index in [2.05, 4.69) is 37.6 Å². The highest BCUT2D eigenvalue weighted by Crippen LogP contribution is 2.34. The summed E-state index contributed by atoms with van der Waals surface area (Å²) in [6.45, 7) is 7.14.